The number of hydrogen-bond donors (Lipinski definition) is 1. The third-order valence-electron chi connectivity index (χ3n) is 1.76. The highest BCUT2D eigenvalue weighted by Gasteiger charge is 1.87. The zero-order chi connectivity index (χ0) is 9.07. The van der Waals surface area contributed by atoms with Gasteiger partial charge in [0.1, 0.15) is 0 Å². The van der Waals surface area contributed by atoms with Crippen molar-refractivity contribution in [3.63, 3.8) is 0 Å². The van der Waals surface area contributed by atoms with Gasteiger partial charge in [-0.1, -0.05) is 13.3 Å². The lowest BCUT2D eigenvalue weighted by Gasteiger charge is -2.00. The lowest BCUT2D eigenvalue weighted by molar-refractivity contribution is 0.603. The second-order valence-corrected chi connectivity index (χ2v) is 2.99. The van der Waals surface area contributed by atoms with Crippen LogP contribution >= 0.6 is 0 Å². The van der Waals surface area contributed by atoms with Crippen LogP contribution in [0.4, 0.5) is 0 Å². The van der Waals surface area contributed by atoms with E-state index in [0.29, 0.717) is 0 Å². The van der Waals surface area contributed by atoms with E-state index in [1.165, 1.54) is 32.2 Å². The summed E-state index contributed by atoms with van der Waals surface area (Å²) in [6.07, 6.45) is 6.18. The molecule has 0 heterocycles. The summed E-state index contributed by atoms with van der Waals surface area (Å²) in [6, 6.07) is 0. The first-order chi connectivity index (χ1) is 5.91. The van der Waals surface area contributed by atoms with Crippen LogP contribution in [0.25, 0.3) is 0 Å². The van der Waals surface area contributed by atoms with Crippen LogP contribution in [0.1, 0.15) is 46.0 Å². The van der Waals surface area contributed by atoms with Crippen molar-refractivity contribution in [2.75, 3.05) is 13.1 Å². The molecule has 70 valence electrons. The molecular weight excluding hydrogens is 146 g/mol. The van der Waals surface area contributed by atoms with Crippen molar-refractivity contribution in [3.05, 3.63) is 0 Å². The Morgan fingerprint density at radius 1 is 1.08 bits per heavy atom. The van der Waals surface area contributed by atoms with Crippen molar-refractivity contribution in [1.29, 1.82) is 0 Å². The molecule has 0 atom stereocenters. The summed E-state index contributed by atoms with van der Waals surface area (Å²) in [5.41, 5.74) is 0. The Hall–Kier alpha value is -0.480. The second-order valence-electron chi connectivity index (χ2n) is 2.99. The van der Waals surface area contributed by atoms with Crippen molar-refractivity contribution >= 4 is 0 Å². The van der Waals surface area contributed by atoms with Gasteiger partial charge in [0, 0.05) is 6.42 Å². The minimum absolute atomic E-state index is 1.07. The van der Waals surface area contributed by atoms with Gasteiger partial charge in [0.05, 0.1) is 0 Å². The minimum atomic E-state index is 1.07. The number of rotatable bonds is 7. The topological polar surface area (TPSA) is 12.0 Å². The van der Waals surface area contributed by atoms with E-state index in [-0.39, 0.29) is 0 Å². The first-order valence-corrected chi connectivity index (χ1v) is 5.02. The quantitative estimate of drug-likeness (QED) is 0.454. The van der Waals surface area contributed by atoms with Crippen LogP contribution in [-0.4, -0.2) is 13.1 Å². The lowest BCUT2D eigenvalue weighted by Crippen LogP contribution is -2.15. The molecule has 0 aromatic heterocycles. The summed E-state index contributed by atoms with van der Waals surface area (Å²) in [6.45, 7) is 6.44. The zero-order valence-corrected chi connectivity index (χ0v) is 8.45. The lowest BCUT2D eigenvalue weighted by atomic mass is 10.2. The van der Waals surface area contributed by atoms with Crippen molar-refractivity contribution in [2.24, 2.45) is 0 Å². The van der Waals surface area contributed by atoms with Crippen LogP contribution in [0.3, 0.4) is 0 Å². The summed E-state index contributed by atoms with van der Waals surface area (Å²) in [5, 5.41) is 3.39. The predicted molar refractivity (Wildman–Crippen MR) is 55.1 cm³/mol. The molecule has 1 nitrogen and oxygen atoms in total. The molecule has 0 aliphatic heterocycles. The number of hydrogen-bond acceptors (Lipinski definition) is 1. The maximum absolute atomic E-state index is 3.39. The molecule has 1 N–H and O–H groups in total. The highest BCUT2D eigenvalue weighted by molar-refractivity contribution is 4.94. The normalized spacial score (nSPS) is 9.17. The number of nitrogens with one attached hydrogen (secondary N) is 1. The van der Waals surface area contributed by atoms with Gasteiger partial charge in [0.2, 0.25) is 0 Å². The third kappa shape index (κ3) is 9.52. The summed E-state index contributed by atoms with van der Waals surface area (Å²) < 4.78 is 0. The maximum Gasteiger partial charge on any atom is 0.00885 e. The average molecular weight is 167 g/mol. The van der Waals surface area contributed by atoms with Crippen molar-refractivity contribution in [1.82, 2.24) is 5.32 Å². The van der Waals surface area contributed by atoms with Crippen molar-refractivity contribution < 1.29 is 0 Å². The summed E-state index contributed by atoms with van der Waals surface area (Å²) in [7, 11) is 0. The molecule has 0 spiro atoms. The molecule has 0 amide bonds. The highest BCUT2D eigenvalue weighted by Crippen LogP contribution is 1.97. The second kappa shape index (κ2) is 10.5. The van der Waals surface area contributed by atoms with Crippen LogP contribution in [0.15, 0.2) is 0 Å². The monoisotopic (exact) mass is 167 g/mol. The van der Waals surface area contributed by atoms with Gasteiger partial charge in [-0.15, -0.1) is 11.8 Å². The largest absolute Gasteiger partial charge is 0.317 e. The Bertz CT molecular complexity index is 130. The fraction of sp³-hybridized carbons (Fsp3) is 0.818. The van der Waals surface area contributed by atoms with Crippen LogP contribution < -0.4 is 5.32 Å². The zero-order valence-electron chi connectivity index (χ0n) is 8.45. The Morgan fingerprint density at radius 2 is 1.92 bits per heavy atom. The summed E-state index contributed by atoms with van der Waals surface area (Å²) >= 11 is 0. The molecule has 0 radical (unpaired) electrons. The predicted octanol–water partition coefficient (Wildman–Crippen LogP) is 2.57. The minimum Gasteiger partial charge on any atom is -0.317 e. The highest BCUT2D eigenvalue weighted by atomic mass is 14.8. The molecule has 0 aliphatic carbocycles. The van der Waals surface area contributed by atoms with E-state index in [1.54, 1.807) is 0 Å². The molecule has 0 rings (SSSR count). The van der Waals surface area contributed by atoms with Gasteiger partial charge >= 0.3 is 0 Å². The van der Waals surface area contributed by atoms with Gasteiger partial charge in [-0.2, -0.15) is 0 Å². The SMILES string of the molecule is CC#CCCCCCNCCC. The van der Waals surface area contributed by atoms with E-state index in [1.807, 2.05) is 6.92 Å². The van der Waals surface area contributed by atoms with Crippen LogP contribution in [0, 0.1) is 11.8 Å². The van der Waals surface area contributed by atoms with Gasteiger partial charge in [-0.05, 0) is 39.3 Å². The van der Waals surface area contributed by atoms with Gasteiger partial charge in [-0.3, -0.25) is 0 Å². The van der Waals surface area contributed by atoms with E-state index < -0.39 is 0 Å². The smallest absolute Gasteiger partial charge is 0.00885 e. The molecule has 0 aliphatic rings. The van der Waals surface area contributed by atoms with Gasteiger partial charge < -0.3 is 5.32 Å². The van der Waals surface area contributed by atoms with E-state index in [4.69, 9.17) is 0 Å². The Morgan fingerprint density at radius 3 is 2.58 bits per heavy atom. The summed E-state index contributed by atoms with van der Waals surface area (Å²) in [4.78, 5) is 0. The van der Waals surface area contributed by atoms with Gasteiger partial charge in [0.15, 0.2) is 0 Å². The summed E-state index contributed by atoms with van der Waals surface area (Å²) in [5.74, 6) is 5.99. The first-order valence-electron chi connectivity index (χ1n) is 5.02. The molecule has 0 unspecified atom stereocenters. The first kappa shape index (κ1) is 11.5. The Labute approximate surface area is 76.9 Å². The molecule has 0 fully saturated rings. The standard InChI is InChI=1S/C11H21N/c1-3-5-6-7-8-9-11-12-10-4-2/h12H,4,6-11H2,1-2H3. The van der Waals surface area contributed by atoms with E-state index in [9.17, 15) is 0 Å². The molecule has 0 aromatic rings. The molecule has 0 bridgehead atoms. The van der Waals surface area contributed by atoms with E-state index in [0.717, 1.165) is 13.0 Å². The van der Waals surface area contributed by atoms with Crippen LogP contribution in [0.5, 0.6) is 0 Å². The number of unbranched alkanes of at least 4 members (excludes halogenated alkanes) is 3. The Balaban J connectivity index is 2.84. The molecule has 0 saturated heterocycles. The van der Waals surface area contributed by atoms with E-state index >= 15 is 0 Å². The van der Waals surface area contributed by atoms with Crippen molar-refractivity contribution in [2.45, 2.75) is 46.0 Å². The average Bonchev–Trinajstić information content (AvgIpc) is 2.10. The Kier molecular flexibility index (Phi) is 10.1. The third-order valence-corrected chi connectivity index (χ3v) is 1.76. The fourth-order valence-corrected chi connectivity index (χ4v) is 1.07. The van der Waals surface area contributed by atoms with Gasteiger partial charge in [-0.25, -0.2) is 0 Å². The van der Waals surface area contributed by atoms with E-state index in [2.05, 4.69) is 24.1 Å². The molecule has 0 saturated carbocycles. The molecule has 1 heteroatoms. The molecular formula is C11H21N. The molecule has 0 aromatic carbocycles. The van der Waals surface area contributed by atoms with Crippen LogP contribution in [0.2, 0.25) is 0 Å². The van der Waals surface area contributed by atoms with Crippen molar-refractivity contribution in [3.8, 4) is 11.8 Å². The molecule has 12 heavy (non-hydrogen) atoms. The van der Waals surface area contributed by atoms with Gasteiger partial charge in [0.25, 0.3) is 0 Å². The maximum atomic E-state index is 3.39. The van der Waals surface area contributed by atoms with Crippen LogP contribution in [-0.2, 0) is 0 Å². The fourth-order valence-electron chi connectivity index (χ4n) is 1.07.